The number of aldehydes is 1. The molecule has 0 fully saturated rings. The average molecular weight is 203 g/mol. The van der Waals surface area contributed by atoms with Crippen LogP contribution in [0.15, 0.2) is 18.3 Å². The molecule has 2 heterocycles. The molecule has 0 amide bonds. The first-order chi connectivity index (χ1) is 7.22. The lowest BCUT2D eigenvalue weighted by molar-refractivity contribution is 0.111. The lowest BCUT2D eigenvalue weighted by atomic mass is 10.2. The number of carbonyl (C=O) groups is 1. The summed E-state index contributed by atoms with van der Waals surface area (Å²) < 4.78 is 1.87. The molecule has 0 atom stereocenters. The van der Waals surface area contributed by atoms with Gasteiger partial charge in [0.1, 0.15) is 5.52 Å². The maximum atomic E-state index is 10.9. The standard InChI is InChI=1S/C11H13N3O/c1-8(2)6-14-10(7-15)13-9-4-3-5-12-11(9)14/h3-5,7-8H,6H2,1-2H3. The Hall–Kier alpha value is -1.71. The Labute approximate surface area is 88.0 Å². The molecule has 0 aliphatic heterocycles. The van der Waals surface area contributed by atoms with E-state index in [1.807, 2.05) is 16.7 Å². The fourth-order valence-corrected chi connectivity index (χ4v) is 1.61. The molecular formula is C11H13N3O. The SMILES string of the molecule is CC(C)Cn1c(C=O)nc2cccnc21. The summed E-state index contributed by atoms with van der Waals surface area (Å²) in [5, 5.41) is 0. The zero-order valence-electron chi connectivity index (χ0n) is 8.84. The topological polar surface area (TPSA) is 47.8 Å². The van der Waals surface area contributed by atoms with Crippen LogP contribution < -0.4 is 0 Å². The van der Waals surface area contributed by atoms with Crippen LogP contribution in [0.3, 0.4) is 0 Å². The highest BCUT2D eigenvalue weighted by molar-refractivity contribution is 5.80. The number of fused-ring (bicyclic) bond motifs is 1. The van der Waals surface area contributed by atoms with Crippen molar-refractivity contribution in [2.24, 2.45) is 5.92 Å². The van der Waals surface area contributed by atoms with Gasteiger partial charge in [-0.1, -0.05) is 13.8 Å². The Kier molecular flexibility index (Phi) is 2.49. The predicted octanol–water partition coefficient (Wildman–Crippen LogP) is 1.90. The Bertz CT molecular complexity index is 488. The molecule has 0 aromatic carbocycles. The first-order valence-electron chi connectivity index (χ1n) is 4.99. The molecule has 15 heavy (non-hydrogen) atoms. The molecular weight excluding hydrogens is 190 g/mol. The lowest BCUT2D eigenvalue weighted by Gasteiger charge is -2.07. The highest BCUT2D eigenvalue weighted by atomic mass is 16.1. The molecule has 0 spiro atoms. The van der Waals surface area contributed by atoms with Gasteiger partial charge >= 0.3 is 0 Å². The summed E-state index contributed by atoms with van der Waals surface area (Å²) >= 11 is 0. The van der Waals surface area contributed by atoms with E-state index in [0.717, 1.165) is 24.0 Å². The zero-order chi connectivity index (χ0) is 10.8. The summed E-state index contributed by atoms with van der Waals surface area (Å²) in [6, 6.07) is 3.69. The van der Waals surface area contributed by atoms with Crippen LogP contribution in [-0.4, -0.2) is 20.8 Å². The van der Waals surface area contributed by atoms with Crippen LogP contribution in [0.4, 0.5) is 0 Å². The number of aromatic nitrogens is 3. The van der Waals surface area contributed by atoms with Crippen molar-refractivity contribution in [2.45, 2.75) is 20.4 Å². The second kappa shape index (κ2) is 3.81. The second-order valence-corrected chi connectivity index (χ2v) is 3.94. The highest BCUT2D eigenvalue weighted by Gasteiger charge is 2.11. The Balaban J connectivity index is 2.61. The molecule has 2 aromatic heterocycles. The van der Waals surface area contributed by atoms with E-state index >= 15 is 0 Å². The minimum absolute atomic E-state index is 0.456. The molecule has 0 saturated carbocycles. The van der Waals surface area contributed by atoms with E-state index in [9.17, 15) is 4.79 Å². The number of hydrogen-bond donors (Lipinski definition) is 0. The largest absolute Gasteiger partial charge is 0.306 e. The maximum Gasteiger partial charge on any atom is 0.185 e. The number of imidazole rings is 1. The minimum Gasteiger partial charge on any atom is -0.306 e. The van der Waals surface area contributed by atoms with Crippen molar-refractivity contribution in [1.29, 1.82) is 0 Å². The van der Waals surface area contributed by atoms with Crippen LogP contribution in [0, 0.1) is 5.92 Å². The smallest absolute Gasteiger partial charge is 0.185 e. The Morgan fingerprint density at radius 3 is 3.00 bits per heavy atom. The van der Waals surface area contributed by atoms with Gasteiger partial charge in [-0.15, -0.1) is 0 Å². The Morgan fingerprint density at radius 2 is 2.33 bits per heavy atom. The summed E-state index contributed by atoms with van der Waals surface area (Å²) in [6.07, 6.45) is 2.50. The predicted molar refractivity (Wildman–Crippen MR) is 57.8 cm³/mol. The van der Waals surface area contributed by atoms with Gasteiger partial charge in [0.2, 0.25) is 0 Å². The summed E-state index contributed by atoms with van der Waals surface area (Å²) in [6.45, 7) is 4.97. The summed E-state index contributed by atoms with van der Waals surface area (Å²) in [7, 11) is 0. The molecule has 0 N–H and O–H groups in total. The number of nitrogens with zero attached hydrogens (tertiary/aromatic N) is 3. The van der Waals surface area contributed by atoms with Crippen molar-refractivity contribution in [3.05, 3.63) is 24.2 Å². The molecule has 0 saturated heterocycles. The normalized spacial score (nSPS) is 11.1. The number of rotatable bonds is 3. The molecule has 2 rings (SSSR count). The van der Waals surface area contributed by atoms with Gasteiger partial charge < -0.3 is 4.57 Å². The van der Waals surface area contributed by atoms with Gasteiger partial charge in [-0.05, 0) is 18.1 Å². The Morgan fingerprint density at radius 1 is 1.53 bits per heavy atom. The quantitative estimate of drug-likeness (QED) is 0.716. The van der Waals surface area contributed by atoms with Crippen molar-refractivity contribution < 1.29 is 4.79 Å². The zero-order valence-corrected chi connectivity index (χ0v) is 8.84. The molecule has 4 nitrogen and oxygen atoms in total. The first kappa shape index (κ1) is 9.83. The van der Waals surface area contributed by atoms with E-state index < -0.39 is 0 Å². The summed E-state index contributed by atoms with van der Waals surface area (Å²) in [5.41, 5.74) is 1.56. The fourth-order valence-electron chi connectivity index (χ4n) is 1.61. The van der Waals surface area contributed by atoms with Gasteiger partial charge in [0, 0.05) is 12.7 Å². The maximum absolute atomic E-state index is 10.9. The van der Waals surface area contributed by atoms with Crippen LogP contribution in [0.1, 0.15) is 24.5 Å². The van der Waals surface area contributed by atoms with Gasteiger partial charge in [-0.25, -0.2) is 9.97 Å². The van der Waals surface area contributed by atoms with Crippen LogP contribution in [-0.2, 0) is 6.54 Å². The van der Waals surface area contributed by atoms with Crippen molar-refractivity contribution in [2.75, 3.05) is 0 Å². The van der Waals surface area contributed by atoms with Crippen molar-refractivity contribution >= 4 is 17.5 Å². The number of carbonyl (C=O) groups excluding carboxylic acids is 1. The monoisotopic (exact) mass is 203 g/mol. The molecule has 0 bridgehead atoms. The van der Waals surface area contributed by atoms with Gasteiger partial charge in [-0.3, -0.25) is 4.79 Å². The average Bonchev–Trinajstić information content (AvgIpc) is 2.56. The van der Waals surface area contributed by atoms with E-state index in [4.69, 9.17) is 0 Å². The van der Waals surface area contributed by atoms with Gasteiger partial charge in [0.25, 0.3) is 0 Å². The molecule has 0 aliphatic carbocycles. The molecule has 0 unspecified atom stereocenters. The molecule has 4 heteroatoms. The first-order valence-corrected chi connectivity index (χ1v) is 4.99. The molecule has 78 valence electrons. The second-order valence-electron chi connectivity index (χ2n) is 3.94. The lowest BCUT2D eigenvalue weighted by Crippen LogP contribution is -2.08. The van der Waals surface area contributed by atoms with Crippen molar-refractivity contribution in [3.8, 4) is 0 Å². The van der Waals surface area contributed by atoms with Gasteiger partial charge in [-0.2, -0.15) is 0 Å². The third-order valence-corrected chi connectivity index (χ3v) is 2.19. The number of pyridine rings is 1. The highest BCUT2D eigenvalue weighted by Crippen LogP contribution is 2.14. The van der Waals surface area contributed by atoms with E-state index in [1.54, 1.807) is 6.20 Å². The van der Waals surface area contributed by atoms with Gasteiger partial charge in [0.15, 0.2) is 17.8 Å². The van der Waals surface area contributed by atoms with Crippen molar-refractivity contribution in [1.82, 2.24) is 14.5 Å². The van der Waals surface area contributed by atoms with Crippen LogP contribution in [0.2, 0.25) is 0 Å². The molecule has 2 aromatic rings. The summed E-state index contributed by atoms with van der Waals surface area (Å²) in [4.78, 5) is 19.3. The van der Waals surface area contributed by atoms with Gasteiger partial charge in [0.05, 0.1) is 0 Å². The summed E-state index contributed by atoms with van der Waals surface area (Å²) in [5.74, 6) is 0.917. The molecule has 0 aliphatic rings. The van der Waals surface area contributed by atoms with E-state index in [0.29, 0.717) is 11.7 Å². The number of hydrogen-bond acceptors (Lipinski definition) is 3. The van der Waals surface area contributed by atoms with Crippen molar-refractivity contribution in [3.63, 3.8) is 0 Å². The molecule has 0 radical (unpaired) electrons. The minimum atomic E-state index is 0.456. The van der Waals surface area contributed by atoms with Crippen LogP contribution in [0.5, 0.6) is 0 Å². The fraction of sp³-hybridized carbons (Fsp3) is 0.364. The van der Waals surface area contributed by atoms with E-state index in [-0.39, 0.29) is 0 Å². The van der Waals surface area contributed by atoms with E-state index in [1.165, 1.54) is 0 Å². The van der Waals surface area contributed by atoms with Crippen LogP contribution >= 0.6 is 0 Å². The van der Waals surface area contributed by atoms with Crippen LogP contribution in [0.25, 0.3) is 11.2 Å². The van der Waals surface area contributed by atoms with E-state index in [2.05, 4.69) is 23.8 Å². The third-order valence-electron chi connectivity index (χ3n) is 2.19. The third kappa shape index (κ3) is 1.75.